The third-order valence-corrected chi connectivity index (χ3v) is 12.7. The van der Waals surface area contributed by atoms with Gasteiger partial charge in [0.25, 0.3) is 0 Å². The molecule has 10 aromatic carbocycles. The fourth-order valence-corrected chi connectivity index (χ4v) is 10.3. The van der Waals surface area contributed by atoms with Crippen LogP contribution >= 0.6 is 11.3 Å². The molecule has 0 aliphatic rings. The van der Waals surface area contributed by atoms with Crippen molar-refractivity contribution in [1.29, 1.82) is 0 Å². The molecule has 12 rings (SSSR count). The summed E-state index contributed by atoms with van der Waals surface area (Å²) in [4.78, 5) is 2.32. The molecule has 0 unspecified atom stereocenters. The van der Waals surface area contributed by atoms with Gasteiger partial charge in [-0.15, -0.1) is 11.3 Å². The molecular formula is C52H32N2S. The summed E-state index contributed by atoms with van der Waals surface area (Å²) < 4.78 is 5.16. The second-order valence-corrected chi connectivity index (χ2v) is 15.5. The molecular weight excluding hydrogens is 685 g/mol. The van der Waals surface area contributed by atoms with Crippen molar-refractivity contribution >= 4 is 103 Å². The number of rotatable bonds is 5. The second-order valence-electron chi connectivity index (χ2n) is 14.5. The molecule has 2 aromatic heterocycles. The number of nitrogens with zero attached hydrogens (tertiary/aromatic N) is 2. The van der Waals surface area contributed by atoms with Crippen LogP contribution in [0.2, 0.25) is 0 Å². The number of anilines is 3. The Morgan fingerprint density at radius 2 is 1.00 bits per heavy atom. The summed E-state index contributed by atoms with van der Waals surface area (Å²) in [7, 11) is 0. The molecule has 55 heavy (non-hydrogen) atoms. The Balaban J connectivity index is 1.07. The van der Waals surface area contributed by atoms with E-state index in [1.165, 1.54) is 91.1 Å². The molecule has 3 heteroatoms. The predicted molar refractivity (Wildman–Crippen MR) is 237 cm³/mol. The predicted octanol–water partition coefficient (Wildman–Crippen LogP) is 15.2. The number of benzene rings is 10. The minimum atomic E-state index is 1.13. The summed E-state index contributed by atoms with van der Waals surface area (Å²) in [5.41, 5.74) is 9.58. The van der Waals surface area contributed by atoms with Gasteiger partial charge in [-0.3, -0.25) is 0 Å². The Hall–Kier alpha value is -6.94. The summed E-state index contributed by atoms with van der Waals surface area (Å²) in [6, 6.07) is 71.2. The van der Waals surface area contributed by atoms with Crippen molar-refractivity contribution in [2.45, 2.75) is 0 Å². The summed E-state index contributed by atoms with van der Waals surface area (Å²) in [5, 5.41) is 13.0. The fraction of sp³-hybridized carbons (Fsp3) is 0. The molecule has 256 valence electrons. The van der Waals surface area contributed by atoms with Crippen molar-refractivity contribution in [2.75, 3.05) is 4.90 Å². The first-order valence-corrected chi connectivity index (χ1v) is 19.7. The largest absolute Gasteiger partial charge is 0.311 e. The van der Waals surface area contributed by atoms with Gasteiger partial charge in [-0.2, -0.15) is 0 Å². The standard InChI is InChI=1S/C52H32N2S/c1-3-12-36(13-4-1)53(37-14-5-2-6-15-37)38-27-24-33(25-28-38)39-29-26-34-22-23-35-32-47-51(44-31-30-41(39)49(34)50(35)44)43-17-7-9-19-45(43)54(47)46-20-11-18-42-40-16-8-10-21-48(40)55-52(42)46/h1-32H. The first-order chi connectivity index (χ1) is 27.3. The van der Waals surface area contributed by atoms with Crippen LogP contribution in [0.4, 0.5) is 17.1 Å². The van der Waals surface area contributed by atoms with Crippen LogP contribution in [0.5, 0.6) is 0 Å². The molecule has 0 fully saturated rings. The van der Waals surface area contributed by atoms with Crippen molar-refractivity contribution in [2.24, 2.45) is 0 Å². The van der Waals surface area contributed by atoms with Crippen LogP contribution in [-0.4, -0.2) is 4.57 Å². The van der Waals surface area contributed by atoms with Crippen molar-refractivity contribution in [3.05, 3.63) is 194 Å². The Morgan fingerprint density at radius 3 is 1.80 bits per heavy atom. The van der Waals surface area contributed by atoms with Crippen molar-refractivity contribution in [3.63, 3.8) is 0 Å². The van der Waals surface area contributed by atoms with Crippen LogP contribution in [0.3, 0.4) is 0 Å². The van der Waals surface area contributed by atoms with Crippen LogP contribution in [-0.2, 0) is 0 Å². The van der Waals surface area contributed by atoms with Gasteiger partial charge in [0, 0.05) is 43.3 Å². The maximum absolute atomic E-state index is 2.51. The first-order valence-electron chi connectivity index (χ1n) is 18.9. The lowest BCUT2D eigenvalue weighted by Gasteiger charge is -2.25. The van der Waals surface area contributed by atoms with Crippen molar-refractivity contribution in [1.82, 2.24) is 4.57 Å². The van der Waals surface area contributed by atoms with Gasteiger partial charge in [-0.05, 0) is 104 Å². The van der Waals surface area contributed by atoms with E-state index in [4.69, 9.17) is 0 Å². The van der Waals surface area contributed by atoms with E-state index >= 15 is 0 Å². The number of para-hydroxylation sites is 3. The average Bonchev–Trinajstić information content (AvgIpc) is 3.80. The number of aromatic nitrogens is 1. The third-order valence-electron chi connectivity index (χ3n) is 11.5. The molecule has 0 aliphatic carbocycles. The summed E-state index contributed by atoms with van der Waals surface area (Å²) in [5.74, 6) is 0. The quantitative estimate of drug-likeness (QED) is 0.161. The molecule has 12 aromatic rings. The number of fused-ring (bicyclic) bond motifs is 7. The SMILES string of the molecule is c1ccc(N(c2ccccc2)c2ccc(-c3ccc4ccc5cc6c(c7ccc3c4c57)c3ccccc3n6-c3cccc4c3sc3ccccc34)cc2)cc1. The Morgan fingerprint density at radius 1 is 0.382 bits per heavy atom. The molecule has 2 nitrogen and oxygen atoms in total. The average molecular weight is 717 g/mol. The molecule has 0 amide bonds. The second kappa shape index (κ2) is 11.8. The number of thiophene rings is 1. The lowest BCUT2D eigenvalue weighted by atomic mass is 9.88. The molecule has 0 saturated heterocycles. The molecule has 0 spiro atoms. The van der Waals surface area contributed by atoms with E-state index in [-0.39, 0.29) is 0 Å². The monoisotopic (exact) mass is 716 g/mol. The van der Waals surface area contributed by atoms with Gasteiger partial charge in [0.15, 0.2) is 0 Å². The van der Waals surface area contributed by atoms with E-state index in [9.17, 15) is 0 Å². The lowest BCUT2D eigenvalue weighted by Crippen LogP contribution is -2.09. The Kier molecular flexibility index (Phi) is 6.54. The third kappa shape index (κ3) is 4.48. The van der Waals surface area contributed by atoms with E-state index in [2.05, 4.69) is 204 Å². The topological polar surface area (TPSA) is 8.17 Å². The molecule has 0 aliphatic heterocycles. The molecule has 2 heterocycles. The van der Waals surface area contributed by atoms with Gasteiger partial charge >= 0.3 is 0 Å². The van der Waals surface area contributed by atoms with Gasteiger partial charge < -0.3 is 9.47 Å². The molecule has 0 N–H and O–H groups in total. The number of hydrogen-bond acceptors (Lipinski definition) is 2. The normalized spacial score (nSPS) is 12.0. The maximum Gasteiger partial charge on any atom is 0.0640 e. The highest BCUT2D eigenvalue weighted by atomic mass is 32.1. The van der Waals surface area contributed by atoms with E-state index in [1.807, 2.05) is 11.3 Å². The highest BCUT2D eigenvalue weighted by Crippen LogP contribution is 2.47. The number of hydrogen-bond donors (Lipinski definition) is 0. The lowest BCUT2D eigenvalue weighted by molar-refractivity contribution is 1.20. The van der Waals surface area contributed by atoms with Crippen molar-refractivity contribution in [3.8, 4) is 16.8 Å². The maximum atomic E-state index is 2.51. The smallest absolute Gasteiger partial charge is 0.0640 e. The summed E-state index contributed by atoms with van der Waals surface area (Å²) in [6.45, 7) is 0. The minimum Gasteiger partial charge on any atom is -0.311 e. The van der Waals surface area contributed by atoms with Gasteiger partial charge in [-0.1, -0.05) is 133 Å². The van der Waals surface area contributed by atoms with Gasteiger partial charge in [-0.25, -0.2) is 0 Å². The molecule has 0 saturated carbocycles. The zero-order chi connectivity index (χ0) is 36.0. The van der Waals surface area contributed by atoms with Crippen molar-refractivity contribution < 1.29 is 0 Å². The van der Waals surface area contributed by atoms with Crippen LogP contribution in [0.25, 0.3) is 91.1 Å². The Bertz CT molecular complexity index is 3370. The van der Waals surface area contributed by atoms with Gasteiger partial charge in [0.05, 0.1) is 21.4 Å². The zero-order valence-corrected chi connectivity index (χ0v) is 30.6. The van der Waals surface area contributed by atoms with Gasteiger partial charge in [0.2, 0.25) is 0 Å². The van der Waals surface area contributed by atoms with E-state index in [0.717, 1.165) is 17.1 Å². The highest BCUT2D eigenvalue weighted by Gasteiger charge is 2.21. The van der Waals surface area contributed by atoms with Crippen LogP contribution in [0.15, 0.2) is 194 Å². The first kappa shape index (κ1) is 30.5. The zero-order valence-electron chi connectivity index (χ0n) is 29.8. The van der Waals surface area contributed by atoms with E-state index in [1.54, 1.807) is 0 Å². The van der Waals surface area contributed by atoms with Crippen LogP contribution < -0.4 is 4.90 Å². The van der Waals surface area contributed by atoms with Crippen LogP contribution in [0, 0.1) is 0 Å². The summed E-state index contributed by atoms with van der Waals surface area (Å²) in [6.07, 6.45) is 0. The van der Waals surface area contributed by atoms with E-state index in [0.29, 0.717) is 0 Å². The van der Waals surface area contributed by atoms with E-state index < -0.39 is 0 Å². The van der Waals surface area contributed by atoms with Gasteiger partial charge in [0.1, 0.15) is 0 Å². The highest BCUT2D eigenvalue weighted by molar-refractivity contribution is 7.26. The molecule has 0 atom stereocenters. The minimum absolute atomic E-state index is 1.13. The fourth-order valence-electron chi connectivity index (χ4n) is 9.14. The Labute approximate surface area is 321 Å². The molecule has 0 bridgehead atoms. The molecule has 0 radical (unpaired) electrons. The summed E-state index contributed by atoms with van der Waals surface area (Å²) >= 11 is 1.89. The van der Waals surface area contributed by atoms with Crippen LogP contribution in [0.1, 0.15) is 0 Å².